The number of nitrogens with zero attached hydrogens (tertiary/aromatic N) is 3. The fourth-order valence-electron chi connectivity index (χ4n) is 3.12. The molecule has 6 nitrogen and oxygen atoms in total. The molecule has 3 rings (SSSR count). The lowest BCUT2D eigenvalue weighted by Crippen LogP contribution is -2.50. The first-order valence-electron chi connectivity index (χ1n) is 7.91. The molecule has 0 unspecified atom stereocenters. The van der Waals surface area contributed by atoms with Crippen LogP contribution in [0.5, 0.6) is 0 Å². The van der Waals surface area contributed by atoms with Crippen molar-refractivity contribution in [2.75, 3.05) is 44.7 Å². The molecule has 6 heteroatoms. The molecular weight excluding hydrogens is 294 g/mol. The molecule has 0 radical (unpaired) electrons. The highest BCUT2D eigenvalue weighted by Crippen LogP contribution is 2.27. The molecule has 1 saturated heterocycles. The molecule has 0 aliphatic carbocycles. The van der Waals surface area contributed by atoms with E-state index >= 15 is 0 Å². The van der Waals surface area contributed by atoms with Gasteiger partial charge in [-0.3, -0.25) is 9.69 Å². The van der Waals surface area contributed by atoms with E-state index in [9.17, 15) is 4.79 Å². The summed E-state index contributed by atoms with van der Waals surface area (Å²) in [6.07, 6.45) is 0. The van der Waals surface area contributed by atoms with Crippen molar-refractivity contribution in [1.82, 2.24) is 10.1 Å². The van der Waals surface area contributed by atoms with Crippen molar-refractivity contribution in [1.29, 1.82) is 0 Å². The van der Waals surface area contributed by atoms with Crippen LogP contribution in [0.3, 0.4) is 0 Å². The number of piperazine rings is 1. The Balaban J connectivity index is 1.64. The molecular formula is C17H23N3O3. The number of esters is 1. The Morgan fingerprint density at radius 3 is 2.65 bits per heavy atom. The lowest BCUT2D eigenvalue weighted by molar-refractivity contribution is -0.151. The number of para-hydroxylation sites is 1. The van der Waals surface area contributed by atoms with Crippen molar-refractivity contribution in [2.45, 2.75) is 13.8 Å². The standard InChI is InChI=1S/C17H23N3O3/c1-17(2,16(21)22-3)12-19-8-10-20(11-9-19)15-13-6-4-5-7-14(13)23-18-15/h4-7H,8-12H2,1-3H3. The fourth-order valence-corrected chi connectivity index (χ4v) is 3.12. The average Bonchev–Trinajstić information content (AvgIpc) is 2.98. The van der Waals surface area contributed by atoms with Crippen molar-refractivity contribution < 1.29 is 14.1 Å². The molecule has 1 aromatic heterocycles. The first-order valence-corrected chi connectivity index (χ1v) is 7.91. The van der Waals surface area contributed by atoms with Crippen molar-refractivity contribution in [3.8, 4) is 0 Å². The monoisotopic (exact) mass is 317 g/mol. The summed E-state index contributed by atoms with van der Waals surface area (Å²) in [5.41, 5.74) is 0.328. The summed E-state index contributed by atoms with van der Waals surface area (Å²) in [6.45, 7) is 8.07. The van der Waals surface area contributed by atoms with E-state index in [1.165, 1.54) is 7.11 Å². The van der Waals surface area contributed by atoms with Crippen molar-refractivity contribution in [3.63, 3.8) is 0 Å². The maximum atomic E-state index is 11.8. The quantitative estimate of drug-likeness (QED) is 0.805. The third-order valence-electron chi connectivity index (χ3n) is 4.39. The zero-order chi connectivity index (χ0) is 16.4. The Kier molecular flexibility index (Phi) is 4.26. The second-order valence-electron chi connectivity index (χ2n) is 6.64. The van der Waals surface area contributed by atoms with Crippen LogP contribution in [0, 0.1) is 5.41 Å². The molecule has 0 atom stereocenters. The maximum absolute atomic E-state index is 11.8. The molecule has 1 aromatic carbocycles. The van der Waals surface area contributed by atoms with E-state index in [4.69, 9.17) is 9.26 Å². The van der Waals surface area contributed by atoms with Gasteiger partial charge in [0.2, 0.25) is 0 Å². The van der Waals surface area contributed by atoms with E-state index in [-0.39, 0.29) is 5.97 Å². The number of methoxy groups -OCH3 is 1. The maximum Gasteiger partial charge on any atom is 0.312 e. The molecule has 2 aromatic rings. The predicted octanol–water partition coefficient (Wildman–Crippen LogP) is 2.15. The van der Waals surface area contributed by atoms with Crippen LogP contribution < -0.4 is 4.90 Å². The second kappa shape index (κ2) is 6.20. The molecule has 0 saturated carbocycles. The van der Waals surface area contributed by atoms with Crippen molar-refractivity contribution >= 4 is 22.8 Å². The normalized spacial score (nSPS) is 16.7. The molecule has 1 aliphatic heterocycles. The summed E-state index contributed by atoms with van der Waals surface area (Å²) in [4.78, 5) is 16.4. The van der Waals surface area contributed by atoms with E-state index < -0.39 is 5.41 Å². The molecule has 124 valence electrons. The smallest absolute Gasteiger partial charge is 0.312 e. The number of hydrogen-bond acceptors (Lipinski definition) is 6. The molecule has 0 N–H and O–H groups in total. The van der Waals surface area contributed by atoms with Gasteiger partial charge in [-0.2, -0.15) is 0 Å². The molecule has 0 amide bonds. The highest BCUT2D eigenvalue weighted by Gasteiger charge is 2.32. The van der Waals surface area contributed by atoms with E-state index in [1.54, 1.807) is 0 Å². The molecule has 0 bridgehead atoms. The number of carbonyl (C=O) groups excluding carboxylic acids is 1. The van der Waals surface area contributed by atoms with Gasteiger partial charge in [0.25, 0.3) is 0 Å². The summed E-state index contributed by atoms with van der Waals surface area (Å²) < 4.78 is 10.3. The van der Waals surface area contributed by atoms with Gasteiger partial charge in [0.15, 0.2) is 11.4 Å². The Hall–Kier alpha value is -2.08. The lowest BCUT2D eigenvalue weighted by Gasteiger charge is -2.37. The average molecular weight is 317 g/mol. The molecule has 23 heavy (non-hydrogen) atoms. The van der Waals surface area contributed by atoms with Gasteiger partial charge in [-0.05, 0) is 26.0 Å². The van der Waals surface area contributed by atoms with Gasteiger partial charge in [-0.1, -0.05) is 17.3 Å². The first-order chi connectivity index (χ1) is 11.0. The number of anilines is 1. The van der Waals surface area contributed by atoms with E-state index in [0.717, 1.165) is 43.0 Å². The number of ether oxygens (including phenoxy) is 1. The van der Waals surface area contributed by atoms with Gasteiger partial charge in [0.05, 0.1) is 17.9 Å². The zero-order valence-electron chi connectivity index (χ0n) is 13.9. The largest absolute Gasteiger partial charge is 0.469 e. The van der Waals surface area contributed by atoms with Gasteiger partial charge >= 0.3 is 5.97 Å². The summed E-state index contributed by atoms with van der Waals surface area (Å²) >= 11 is 0. The van der Waals surface area contributed by atoms with Crippen LogP contribution in [0.1, 0.15) is 13.8 Å². The predicted molar refractivity (Wildman–Crippen MR) is 88.5 cm³/mol. The number of carbonyl (C=O) groups is 1. The van der Waals surface area contributed by atoms with Crippen LogP contribution in [0.4, 0.5) is 5.82 Å². The van der Waals surface area contributed by atoms with Gasteiger partial charge < -0.3 is 14.2 Å². The molecule has 1 fully saturated rings. The Morgan fingerprint density at radius 2 is 1.96 bits per heavy atom. The lowest BCUT2D eigenvalue weighted by atomic mass is 9.92. The molecule has 1 aliphatic rings. The third-order valence-corrected chi connectivity index (χ3v) is 4.39. The first kappa shape index (κ1) is 15.8. The summed E-state index contributed by atoms with van der Waals surface area (Å²) in [5.74, 6) is 0.745. The Labute approximate surface area is 136 Å². The van der Waals surface area contributed by atoms with Gasteiger partial charge in [-0.25, -0.2) is 0 Å². The topological polar surface area (TPSA) is 58.8 Å². The number of benzene rings is 1. The van der Waals surface area contributed by atoms with Crippen molar-refractivity contribution in [2.24, 2.45) is 5.41 Å². The fraction of sp³-hybridized carbons (Fsp3) is 0.529. The van der Waals surface area contributed by atoms with Crippen LogP contribution >= 0.6 is 0 Å². The molecule has 0 spiro atoms. The van der Waals surface area contributed by atoms with Crippen LogP contribution in [0.2, 0.25) is 0 Å². The van der Waals surface area contributed by atoms with E-state index in [0.29, 0.717) is 6.54 Å². The number of rotatable bonds is 4. The van der Waals surface area contributed by atoms with Gasteiger partial charge in [0, 0.05) is 32.7 Å². The van der Waals surface area contributed by atoms with E-state index in [2.05, 4.69) is 15.0 Å². The Morgan fingerprint density at radius 1 is 1.26 bits per heavy atom. The summed E-state index contributed by atoms with van der Waals surface area (Å²) in [7, 11) is 1.44. The SMILES string of the molecule is COC(=O)C(C)(C)CN1CCN(c2noc3ccccc23)CC1. The minimum atomic E-state index is -0.489. The minimum Gasteiger partial charge on any atom is -0.469 e. The highest BCUT2D eigenvalue weighted by molar-refractivity contribution is 5.88. The number of aromatic nitrogens is 1. The number of fused-ring (bicyclic) bond motifs is 1. The summed E-state index contributed by atoms with van der Waals surface area (Å²) in [5, 5.41) is 5.27. The second-order valence-corrected chi connectivity index (χ2v) is 6.64. The van der Waals surface area contributed by atoms with Gasteiger partial charge in [-0.15, -0.1) is 0 Å². The van der Waals surface area contributed by atoms with E-state index in [1.807, 2.05) is 38.1 Å². The third kappa shape index (κ3) is 3.17. The zero-order valence-corrected chi connectivity index (χ0v) is 13.9. The van der Waals surface area contributed by atoms with Crippen LogP contribution in [-0.2, 0) is 9.53 Å². The number of hydrogen-bond donors (Lipinski definition) is 0. The molecule has 2 heterocycles. The van der Waals surface area contributed by atoms with Crippen LogP contribution in [0.25, 0.3) is 11.0 Å². The van der Waals surface area contributed by atoms with Crippen molar-refractivity contribution in [3.05, 3.63) is 24.3 Å². The minimum absolute atomic E-state index is 0.164. The van der Waals surface area contributed by atoms with Crippen LogP contribution in [-0.4, -0.2) is 55.9 Å². The van der Waals surface area contributed by atoms with Crippen LogP contribution in [0.15, 0.2) is 28.8 Å². The highest BCUT2D eigenvalue weighted by atomic mass is 16.5. The summed E-state index contributed by atoms with van der Waals surface area (Å²) in [6, 6.07) is 7.91. The van der Waals surface area contributed by atoms with Gasteiger partial charge in [0.1, 0.15) is 0 Å². The Bertz CT molecular complexity index is 687.